The summed E-state index contributed by atoms with van der Waals surface area (Å²) in [7, 11) is 0. The summed E-state index contributed by atoms with van der Waals surface area (Å²) >= 11 is 3.39. The van der Waals surface area contributed by atoms with E-state index in [0.717, 1.165) is 4.47 Å². The van der Waals surface area contributed by atoms with Gasteiger partial charge < -0.3 is 9.73 Å². The molecule has 0 fully saturated rings. The Hall–Kier alpha value is -1.20. The van der Waals surface area contributed by atoms with Crippen molar-refractivity contribution in [3.8, 4) is 0 Å². The van der Waals surface area contributed by atoms with Crippen LogP contribution in [0.2, 0.25) is 0 Å². The maximum absolute atomic E-state index is 13.7. The highest BCUT2D eigenvalue weighted by molar-refractivity contribution is 9.10. The molecule has 1 N–H and O–H groups in total. The maximum atomic E-state index is 13.7. The van der Waals surface area contributed by atoms with Gasteiger partial charge in [-0.05, 0) is 34.6 Å². The number of nitrogens with one attached hydrogen (secondary N) is 1. The summed E-state index contributed by atoms with van der Waals surface area (Å²) < 4.78 is 19.9. The summed E-state index contributed by atoms with van der Waals surface area (Å²) in [5.74, 6) is 0.318. The Bertz CT molecular complexity index is 501. The van der Waals surface area contributed by atoms with Crippen molar-refractivity contribution in [2.45, 2.75) is 13.0 Å². The van der Waals surface area contributed by atoms with E-state index < -0.39 is 0 Å². The minimum absolute atomic E-state index is 0.313. The van der Waals surface area contributed by atoms with Crippen molar-refractivity contribution in [2.24, 2.45) is 0 Å². The smallest absolute Gasteiger partial charge is 0.146 e. The Morgan fingerprint density at radius 1 is 1.53 bits per heavy atom. The third-order valence-corrected chi connectivity index (χ3v) is 3.09. The van der Waals surface area contributed by atoms with Crippen molar-refractivity contribution in [2.75, 3.05) is 6.54 Å². The van der Waals surface area contributed by atoms with Crippen LogP contribution in [-0.2, 0) is 0 Å². The van der Waals surface area contributed by atoms with Crippen LogP contribution in [0.4, 0.5) is 4.39 Å². The summed E-state index contributed by atoms with van der Waals surface area (Å²) in [5.41, 5.74) is 0.525. The van der Waals surface area contributed by atoms with Crippen molar-refractivity contribution < 1.29 is 8.81 Å². The largest absolute Gasteiger partial charge is 0.466 e. The lowest BCUT2D eigenvalue weighted by Gasteiger charge is -2.16. The minimum Gasteiger partial charge on any atom is -0.466 e. The van der Waals surface area contributed by atoms with Crippen LogP contribution in [0.5, 0.6) is 0 Å². The second-order valence-electron chi connectivity index (χ2n) is 3.52. The third-order valence-electron chi connectivity index (χ3n) is 2.43. The highest BCUT2D eigenvalue weighted by Gasteiger charge is 2.21. The Morgan fingerprint density at radius 3 is 2.94 bits per heavy atom. The average molecular weight is 299 g/mol. The van der Waals surface area contributed by atoms with Crippen LogP contribution >= 0.6 is 15.9 Å². The van der Waals surface area contributed by atoms with Gasteiger partial charge in [0, 0.05) is 11.8 Å². The van der Waals surface area contributed by atoms with Gasteiger partial charge in [0.25, 0.3) is 0 Å². The number of hydrogen-bond acceptors (Lipinski definition) is 3. The zero-order chi connectivity index (χ0) is 12.3. The summed E-state index contributed by atoms with van der Waals surface area (Å²) in [6.45, 7) is 2.67. The molecule has 0 aromatic carbocycles. The Balaban J connectivity index is 2.43. The first-order chi connectivity index (χ1) is 8.24. The molecule has 5 heteroatoms. The molecule has 0 amide bonds. The van der Waals surface area contributed by atoms with Gasteiger partial charge in [0.2, 0.25) is 0 Å². The molecule has 0 bridgehead atoms. The number of halogens is 2. The van der Waals surface area contributed by atoms with E-state index in [-0.39, 0.29) is 11.9 Å². The Morgan fingerprint density at radius 2 is 2.35 bits per heavy atom. The fraction of sp³-hybridized carbons (Fsp3) is 0.250. The van der Waals surface area contributed by atoms with E-state index in [1.165, 1.54) is 6.20 Å². The molecule has 2 rings (SSSR count). The van der Waals surface area contributed by atoms with E-state index in [1.807, 2.05) is 6.92 Å². The van der Waals surface area contributed by atoms with Crippen LogP contribution in [0.15, 0.2) is 39.7 Å². The second kappa shape index (κ2) is 5.42. The first-order valence-electron chi connectivity index (χ1n) is 5.29. The molecule has 0 saturated heterocycles. The van der Waals surface area contributed by atoms with Gasteiger partial charge in [-0.25, -0.2) is 4.39 Å². The molecule has 0 saturated carbocycles. The van der Waals surface area contributed by atoms with Crippen molar-refractivity contribution in [3.63, 3.8) is 0 Å². The lowest BCUT2D eigenvalue weighted by Crippen LogP contribution is -2.23. The number of hydrogen-bond donors (Lipinski definition) is 1. The van der Waals surface area contributed by atoms with E-state index in [4.69, 9.17) is 4.42 Å². The molecule has 0 aliphatic carbocycles. The SMILES string of the molecule is CCNC(c1ccncc1F)c1occc1Br. The van der Waals surface area contributed by atoms with Gasteiger partial charge >= 0.3 is 0 Å². The molecule has 2 aromatic rings. The van der Waals surface area contributed by atoms with Gasteiger partial charge in [0.05, 0.1) is 23.0 Å². The molecule has 2 heterocycles. The topological polar surface area (TPSA) is 38.1 Å². The molecule has 2 aromatic heterocycles. The maximum Gasteiger partial charge on any atom is 0.146 e. The zero-order valence-corrected chi connectivity index (χ0v) is 10.9. The quantitative estimate of drug-likeness (QED) is 0.941. The van der Waals surface area contributed by atoms with Crippen LogP contribution in [0.3, 0.4) is 0 Å². The van der Waals surface area contributed by atoms with Crippen LogP contribution < -0.4 is 5.32 Å². The number of furan rings is 1. The highest BCUT2D eigenvalue weighted by atomic mass is 79.9. The molecule has 0 spiro atoms. The molecular weight excluding hydrogens is 287 g/mol. The summed E-state index contributed by atoms with van der Waals surface area (Å²) in [5, 5.41) is 3.19. The standard InChI is InChI=1S/C12H12BrFN2O/c1-2-16-11(12-9(13)4-6-17-12)8-3-5-15-7-10(8)14/h3-7,11,16H,2H2,1H3. The highest BCUT2D eigenvalue weighted by Crippen LogP contribution is 2.30. The lowest BCUT2D eigenvalue weighted by atomic mass is 10.1. The molecule has 0 radical (unpaired) electrons. The van der Waals surface area contributed by atoms with Gasteiger partial charge in [-0.1, -0.05) is 6.92 Å². The zero-order valence-electron chi connectivity index (χ0n) is 9.28. The predicted molar refractivity (Wildman–Crippen MR) is 66.1 cm³/mol. The van der Waals surface area contributed by atoms with Gasteiger partial charge in [0.15, 0.2) is 0 Å². The number of nitrogens with zero attached hydrogens (tertiary/aromatic N) is 1. The molecule has 1 atom stereocenters. The monoisotopic (exact) mass is 298 g/mol. The number of rotatable bonds is 4. The van der Waals surface area contributed by atoms with Gasteiger partial charge in [0.1, 0.15) is 11.6 Å². The van der Waals surface area contributed by atoms with E-state index in [9.17, 15) is 4.39 Å². The summed E-state index contributed by atoms with van der Waals surface area (Å²) in [4.78, 5) is 3.75. The van der Waals surface area contributed by atoms with E-state index >= 15 is 0 Å². The summed E-state index contributed by atoms with van der Waals surface area (Å²) in [6, 6.07) is 3.13. The molecule has 3 nitrogen and oxygen atoms in total. The minimum atomic E-state index is -0.346. The third kappa shape index (κ3) is 2.56. The van der Waals surface area contributed by atoms with Crippen LogP contribution in [-0.4, -0.2) is 11.5 Å². The molecular formula is C12H12BrFN2O. The lowest BCUT2D eigenvalue weighted by molar-refractivity contribution is 0.439. The number of pyridine rings is 1. The Labute approximate surface area is 107 Å². The van der Waals surface area contributed by atoms with Crippen molar-refractivity contribution >= 4 is 15.9 Å². The van der Waals surface area contributed by atoms with E-state index in [2.05, 4.69) is 26.2 Å². The fourth-order valence-electron chi connectivity index (χ4n) is 1.68. The Kier molecular flexibility index (Phi) is 3.91. The van der Waals surface area contributed by atoms with Crippen molar-refractivity contribution in [1.82, 2.24) is 10.3 Å². The average Bonchev–Trinajstić information content (AvgIpc) is 2.74. The van der Waals surface area contributed by atoms with Gasteiger partial charge in [-0.15, -0.1) is 0 Å². The van der Waals surface area contributed by atoms with Gasteiger partial charge in [-0.3, -0.25) is 4.98 Å². The van der Waals surface area contributed by atoms with E-state index in [0.29, 0.717) is 17.9 Å². The fourth-order valence-corrected chi connectivity index (χ4v) is 2.11. The molecule has 1 unspecified atom stereocenters. The van der Waals surface area contributed by atoms with Crippen molar-refractivity contribution in [1.29, 1.82) is 0 Å². The predicted octanol–water partition coefficient (Wildman–Crippen LogP) is 3.28. The summed E-state index contributed by atoms with van der Waals surface area (Å²) in [6.07, 6.45) is 4.35. The van der Waals surface area contributed by atoms with Gasteiger partial charge in [-0.2, -0.15) is 0 Å². The second-order valence-corrected chi connectivity index (χ2v) is 4.38. The molecule has 0 aliphatic rings. The first-order valence-corrected chi connectivity index (χ1v) is 6.09. The van der Waals surface area contributed by atoms with Crippen molar-refractivity contribution in [3.05, 3.63) is 52.4 Å². The first kappa shape index (κ1) is 12.3. The molecule has 17 heavy (non-hydrogen) atoms. The van der Waals surface area contributed by atoms with E-state index in [1.54, 1.807) is 24.6 Å². The van der Waals surface area contributed by atoms with Crippen LogP contribution in [0, 0.1) is 5.82 Å². The van der Waals surface area contributed by atoms with Crippen LogP contribution in [0.1, 0.15) is 24.3 Å². The molecule has 0 aliphatic heterocycles. The number of aromatic nitrogens is 1. The molecule has 90 valence electrons. The van der Waals surface area contributed by atoms with Crippen LogP contribution in [0.25, 0.3) is 0 Å². The normalized spacial score (nSPS) is 12.6.